The predicted molar refractivity (Wildman–Crippen MR) is 84.2 cm³/mol. The highest BCUT2D eigenvalue weighted by atomic mass is 14.6. The minimum absolute atomic E-state index is 0.339. The Hall–Kier alpha value is -0.860. The first kappa shape index (κ1) is 16.2. The van der Waals surface area contributed by atoms with Crippen LogP contribution in [-0.4, -0.2) is 12.1 Å². The molecule has 1 rings (SSSR count). The molecule has 2 nitrogen and oxygen atoms in total. The van der Waals surface area contributed by atoms with Gasteiger partial charge < -0.3 is 11.5 Å². The molecular formula is C17H30N2. The summed E-state index contributed by atoms with van der Waals surface area (Å²) in [6.45, 7) is 4.32. The van der Waals surface area contributed by atoms with Gasteiger partial charge in [-0.1, -0.05) is 44.2 Å². The van der Waals surface area contributed by atoms with Crippen LogP contribution in [0.4, 0.5) is 0 Å². The Morgan fingerprint density at radius 2 is 1.26 bits per heavy atom. The van der Waals surface area contributed by atoms with Crippen LogP contribution in [0.15, 0.2) is 30.3 Å². The van der Waals surface area contributed by atoms with Crippen molar-refractivity contribution in [1.82, 2.24) is 0 Å². The van der Waals surface area contributed by atoms with Gasteiger partial charge in [0.25, 0.3) is 0 Å². The maximum absolute atomic E-state index is 6.06. The van der Waals surface area contributed by atoms with Crippen LogP contribution in [0.1, 0.15) is 63.9 Å². The Bertz CT molecular complexity index is 309. The van der Waals surface area contributed by atoms with E-state index in [0.717, 1.165) is 25.7 Å². The molecule has 2 unspecified atom stereocenters. The number of hydrogen-bond acceptors (Lipinski definition) is 2. The Kier molecular flexibility index (Phi) is 7.76. The van der Waals surface area contributed by atoms with Gasteiger partial charge in [-0.25, -0.2) is 0 Å². The molecule has 0 aliphatic carbocycles. The van der Waals surface area contributed by atoms with Crippen LogP contribution in [0.25, 0.3) is 0 Å². The molecule has 0 aromatic heterocycles. The fraction of sp³-hybridized carbons (Fsp3) is 0.647. The van der Waals surface area contributed by atoms with Crippen molar-refractivity contribution in [1.29, 1.82) is 0 Å². The van der Waals surface area contributed by atoms with Crippen molar-refractivity contribution in [3.05, 3.63) is 35.9 Å². The van der Waals surface area contributed by atoms with Crippen LogP contribution in [0.3, 0.4) is 0 Å². The van der Waals surface area contributed by atoms with E-state index in [4.69, 9.17) is 11.5 Å². The summed E-state index contributed by atoms with van der Waals surface area (Å²) in [6, 6.07) is 11.5. The molecule has 0 bridgehead atoms. The van der Waals surface area contributed by atoms with Gasteiger partial charge in [-0.2, -0.15) is 0 Å². The summed E-state index contributed by atoms with van der Waals surface area (Å²) >= 11 is 0. The van der Waals surface area contributed by atoms with Gasteiger partial charge in [0, 0.05) is 12.1 Å². The van der Waals surface area contributed by atoms with E-state index in [9.17, 15) is 0 Å². The quantitative estimate of drug-likeness (QED) is 0.711. The van der Waals surface area contributed by atoms with Crippen LogP contribution >= 0.6 is 0 Å². The zero-order chi connectivity index (χ0) is 14.1. The Labute approximate surface area is 118 Å². The summed E-state index contributed by atoms with van der Waals surface area (Å²) in [6.07, 6.45) is 6.70. The zero-order valence-electron chi connectivity index (χ0n) is 12.5. The van der Waals surface area contributed by atoms with E-state index >= 15 is 0 Å². The van der Waals surface area contributed by atoms with Gasteiger partial charge in [-0.15, -0.1) is 0 Å². The summed E-state index contributed by atoms with van der Waals surface area (Å²) in [7, 11) is 0. The second-order valence-corrected chi connectivity index (χ2v) is 5.60. The van der Waals surface area contributed by atoms with E-state index < -0.39 is 0 Å². The van der Waals surface area contributed by atoms with Gasteiger partial charge in [0.1, 0.15) is 0 Å². The molecule has 108 valence electrons. The van der Waals surface area contributed by atoms with Crippen molar-refractivity contribution in [3.63, 3.8) is 0 Å². The largest absolute Gasteiger partial charge is 0.328 e. The van der Waals surface area contributed by atoms with Crippen LogP contribution in [-0.2, 0) is 0 Å². The maximum Gasteiger partial charge on any atom is 0.00364 e. The second-order valence-electron chi connectivity index (χ2n) is 5.60. The topological polar surface area (TPSA) is 52.0 Å². The first-order valence-electron chi connectivity index (χ1n) is 7.73. The molecule has 1 aromatic carbocycles. The highest BCUT2D eigenvalue weighted by Gasteiger charge is 2.14. The molecule has 0 saturated heterocycles. The molecular weight excluding hydrogens is 232 g/mol. The molecule has 2 atom stereocenters. The van der Waals surface area contributed by atoms with Gasteiger partial charge >= 0.3 is 0 Å². The fourth-order valence-electron chi connectivity index (χ4n) is 2.44. The first-order valence-corrected chi connectivity index (χ1v) is 7.73. The van der Waals surface area contributed by atoms with Crippen molar-refractivity contribution in [3.8, 4) is 0 Å². The van der Waals surface area contributed by atoms with E-state index in [1.54, 1.807) is 0 Å². The lowest BCUT2D eigenvalue weighted by molar-refractivity contribution is 0.457. The summed E-state index contributed by atoms with van der Waals surface area (Å²) in [5.41, 5.74) is 13.6. The highest BCUT2D eigenvalue weighted by molar-refractivity contribution is 5.19. The lowest BCUT2D eigenvalue weighted by Crippen LogP contribution is -2.21. The van der Waals surface area contributed by atoms with Gasteiger partial charge in [0.2, 0.25) is 0 Å². The van der Waals surface area contributed by atoms with E-state index in [1.807, 2.05) is 0 Å². The molecule has 0 radical (unpaired) electrons. The molecule has 0 aliphatic heterocycles. The third-order valence-corrected chi connectivity index (χ3v) is 4.09. The maximum atomic E-state index is 6.06. The average Bonchev–Trinajstić information content (AvgIpc) is 2.47. The monoisotopic (exact) mass is 262 g/mol. The van der Waals surface area contributed by atoms with Crippen molar-refractivity contribution < 1.29 is 0 Å². The molecule has 2 heteroatoms. The lowest BCUT2D eigenvalue weighted by atomic mass is 9.87. The van der Waals surface area contributed by atoms with Gasteiger partial charge in [-0.3, -0.25) is 0 Å². The Morgan fingerprint density at radius 1 is 0.789 bits per heavy atom. The summed E-state index contributed by atoms with van der Waals surface area (Å²) in [5, 5.41) is 0. The molecule has 0 fully saturated rings. The number of benzene rings is 1. The highest BCUT2D eigenvalue weighted by Crippen LogP contribution is 2.27. The summed E-state index contributed by atoms with van der Waals surface area (Å²) in [5.74, 6) is 0.608. The fourth-order valence-corrected chi connectivity index (χ4v) is 2.44. The first-order chi connectivity index (χ1) is 9.17. The predicted octanol–water partition coefficient (Wildman–Crippen LogP) is 3.81. The van der Waals surface area contributed by atoms with Crippen molar-refractivity contribution in [2.75, 3.05) is 0 Å². The molecule has 4 N–H and O–H groups in total. The SMILES string of the molecule is CCC(N)CCC(CCC(N)CC)c1ccccc1. The minimum Gasteiger partial charge on any atom is -0.328 e. The standard InChI is InChI=1S/C17H30N2/c1-3-16(18)12-10-15(11-13-17(19)4-2)14-8-6-5-7-9-14/h5-9,15-17H,3-4,10-13,18-19H2,1-2H3. The van der Waals surface area contributed by atoms with Crippen LogP contribution in [0.5, 0.6) is 0 Å². The van der Waals surface area contributed by atoms with E-state index in [1.165, 1.54) is 18.4 Å². The van der Waals surface area contributed by atoms with Crippen LogP contribution in [0.2, 0.25) is 0 Å². The van der Waals surface area contributed by atoms with Gasteiger partial charge in [-0.05, 0) is 50.0 Å². The molecule has 1 aromatic rings. The normalized spacial score (nSPS) is 16.0. The van der Waals surface area contributed by atoms with Crippen molar-refractivity contribution >= 4 is 0 Å². The van der Waals surface area contributed by atoms with E-state index in [0.29, 0.717) is 18.0 Å². The molecule has 0 amide bonds. The lowest BCUT2D eigenvalue weighted by Gasteiger charge is -2.21. The third kappa shape index (κ3) is 6.22. The molecule has 0 spiro atoms. The van der Waals surface area contributed by atoms with Gasteiger partial charge in [0.15, 0.2) is 0 Å². The van der Waals surface area contributed by atoms with E-state index in [2.05, 4.69) is 44.2 Å². The Morgan fingerprint density at radius 3 is 1.68 bits per heavy atom. The summed E-state index contributed by atoms with van der Waals surface area (Å²) < 4.78 is 0. The van der Waals surface area contributed by atoms with Crippen LogP contribution < -0.4 is 11.5 Å². The smallest absolute Gasteiger partial charge is 0.00364 e. The number of hydrogen-bond donors (Lipinski definition) is 2. The van der Waals surface area contributed by atoms with E-state index in [-0.39, 0.29) is 0 Å². The van der Waals surface area contributed by atoms with Crippen molar-refractivity contribution in [2.45, 2.75) is 70.4 Å². The third-order valence-electron chi connectivity index (χ3n) is 4.09. The molecule has 0 aliphatic rings. The van der Waals surface area contributed by atoms with Crippen LogP contribution in [0, 0.1) is 0 Å². The Balaban J connectivity index is 2.57. The minimum atomic E-state index is 0.339. The number of nitrogens with two attached hydrogens (primary N) is 2. The van der Waals surface area contributed by atoms with Crippen molar-refractivity contribution in [2.24, 2.45) is 11.5 Å². The molecule has 19 heavy (non-hydrogen) atoms. The molecule has 0 saturated carbocycles. The van der Waals surface area contributed by atoms with Gasteiger partial charge in [0.05, 0.1) is 0 Å². The summed E-state index contributed by atoms with van der Waals surface area (Å²) in [4.78, 5) is 0. The second kappa shape index (κ2) is 9.11. The number of rotatable bonds is 9. The zero-order valence-corrected chi connectivity index (χ0v) is 12.5. The average molecular weight is 262 g/mol. The molecule has 0 heterocycles.